The average Bonchev–Trinajstić information content (AvgIpc) is 2.38. The lowest BCUT2D eigenvalue weighted by molar-refractivity contribution is 0.595. The number of hydrogen-bond acceptors (Lipinski definition) is 4. The Labute approximate surface area is 121 Å². The van der Waals surface area contributed by atoms with Crippen molar-refractivity contribution in [1.29, 1.82) is 0 Å². The summed E-state index contributed by atoms with van der Waals surface area (Å²) < 4.78 is 61.5. The summed E-state index contributed by atoms with van der Waals surface area (Å²) in [6.45, 7) is 0. The van der Waals surface area contributed by atoms with Crippen molar-refractivity contribution in [3.63, 3.8) is 0 Å². The molecule has 0 aliphatic rings. The standard InChI is InChI=1S/C12H11FN2O4S2/c13-9-2-1-3-12(8-9)21(18,19)15-10-4-6-11(7-5-10)20(14,16)17/h1-8,15H,(H2,14,16,17). The van der Waals surface area contributed by atoms with Crippen LogP contribution < -0.4 is 9.86 Å². The monoisotopic (exact) mass is 330 g/mol. The van der Waals surface area contributed by atoms with Gasteiger partial charge in [-0.05, 0) is 42.5 Å². The highest BCUT2D eigenvalue weighted by molar-refractivity contribution is 7.92. The van der Waals surface area contributed by atoms with Crippen LogP contribution in [-0.4, -0.2) is 16.8 Å². The van der Waals surface area contributed by atoms with E-state index in [1.807, 2.05) is 0 Å². The minimum absolute atomic E-state index is 0.131. The molecule has 0 fully saturated rings. The van der Waals surface area contributed by atoms with Crippen LogP contribution in [0, 0.1) is 5.82 Å². The van der Waals surface area contributed by atoms with Gasteiger partial charge in [0.1, 0.15) is 5.82 Å². The van der Waals surface area contributed by atoms with Crippen molar-refractivity contribution >= 4 is 25.7 Å². The molecule has 0 radical (unpaired) electrons. The molecule has 2 aromatic carbocycles. The van der Waals surface area contributed by atoms with E-state index in [1.165, 1.54) is 36.4 Å². The summed E-state index contributed by atoms with van der Waals surface area (Å²) in [6, 6.07) is 9.34. The topological polar surface area (TPSA) is 106 Å². The van der Waals surface area contributed by atoms with E-state index in [1.54, 1.807) is 0 Å². The van der Waals surface area contributed by atoms with E-state index >= 15 is 0 Å². The SMILES string of the molecule is NS(=O)(=O)c1ccc(NS(=O)(=O)c2cccc(F)c2)cc1. The van der Waals surface area contributed by atoms with Gasteiger partial charge in [-0.15, -0.1) is 0 Å². The molecule has 0 aliphatic carbocycles. The highest BCUT2D eigenvalue weighted by Gasteiger charge is 2.15. The largest absolute Gasteiger partial charge is 0.280 e. The second-order valence-electron chi connectivity index (χ2n) is 4.13. The molecular formula is C12H11FN2O4S2. The maximum atomic E-state index is 13.0. The van der Waals surface area contributed by atoms with Crippen molar-refractivity contribution < 1.29 is 21.2 Å². The first-order valence-electron chi connectivity index (χ1n) is 5.60. The Kier molecular flexibility index (Phi) is 3.99. The van der Waals surface area contributed by atoms with Gasteiger partial charge in [-0.1, -0.05) is 6.07 Å². The maximum absolute atomic E-state index is 13.0. The lowest BCUT2D eigenvalue weighted by Gasteiger charge is -2.08. The molecule has 21 heavy (non-hydrogen) atoms. The molecule has 0 aromatic heterocycles. The molecular weight excluding hydrogens is 319 g/mol. The molecule has 0 heterocycles. The van der Waals surface area contributed by atoms with Crippen molar-refractivity contribution in [1.82, 2.24) is 0 Å². The number of benzene rings is 2. The number of nitrogens with one attached hydrogen (secondary N) is 1. The summed E-state index contributed by atoms with van der Waals surface area (Å²) in [7, 11) is -7.80. The smallest absolute Gasteiger partial charge is 0.261 e. The van der Waals surface area contributed by atoms with Gasteiger partial charge in [-0.25, -0.2) is 26.4 Å². The lowest BCUT2D eigenvalue weighted by atomic mass is 10.3. The van der Waals surface area contributed by atoms with E-state index in [4.69, 9.17) is 5.14 Å². The fourth-order valence-electron chi connectivity index (χ4n) is 1.56. The number of rotatable bonds is 4. The molecule has 6 nitrogen and oxygen atoms in total. The van der Waals surface area contributed by atoms with Crippen LogP contribution in [-0.2, 0) is 20.0 Å². The van der Waals surface area contributed by atoms with Crippen LogP contribution in [0.2, 0.25) is 0 Å². The van der Waals surface area contributed by atoms with Gasteiger partial charge in [-0.2, -0.15) is 0 Å². The Morgan fingerprint density at radius 3 is 2.05 bits per heavy atom. The van der Waals surface area contributed by atoms with E-state index < -0.39 is 25.9 Å². The van der Waals surface area contributed by atoms with E-state index in [0.29, 0.717) is 0 Å². The zero-order valence-corrected chi connectivity index (χ0v) is 12.2. The number of halogens is 1. The van der Waals surface area contributed by atoms with Crippen molar-refractivity contribution in [2.45, 2.75) is 9.79 Å². The summed E-state index contributed by atoms with van der Waals surface area (Å²) >= 11 is 0. The van der Waals surface area contributed by atoms with Crippen LogP contribution in [0.3, 0.4) is 0 Å². The third-order valence-corrected chi connectivity index (χ3v) is 4.85. The van der Waals surface area contributed by atoms with Crippen LogP contribution >= 0.6 is 0 Å². The molecule has 0 aliphatic heterocycles. The van der Waals surface area contributed by atoms with Gasteiger partial charge in [0, 0.05) is 5.69 Å². The number of anilines is 1. The molecule has 112 valence electrons. The van der Waals surface area contributed by atoms with Gasteiger partial charge in [0.05, 0.1) is 9.79 Å². The summed E-state index contributed by atoms with van der Waals surface area (Å²) in [4.78, 5) is -0.380. The Bertz CT molecular complexity index is 862. The molecule has 9 heteroatoms. The average molecular weight is 330 g/mol. The first kappa shape index (κ1) is 15.4. The number of primary sulfonamides is 1. The summed E-state index contributed by atoms with van der Waals surface area (Å²) in [6.07, 6.45) is 0. The van der Waals surface area contributed by atoms with Gasteiger partial charge in [0.15, 0.2) is 0 Å². The predicted molar refractivity (Wildman–Crippen MR) is 75.0 cm³/mol. The van der Waals surface area contributed by atoms with Gasteiger partial charge < -0.3 is 0 Å². The van der Waals surface area contributed by atoms with E-state index in [-0.39, 0.29) is 15.5 Å². The van der Waals surface area contributed by atoms with Crippen LogP contribution in [0.25, 0.3) is 0 Å². The van der Waals surface area contributed by atoms with Gasteiger partial charge in [0.25, 0.3) is 10.0 Å². The minimum Gasteiger partial charge on any atom is -0.280 e. The molecule has 2 aromatic rings. The Hall–Kier alpha value is -1.97. The summed E-state index contributed by atoms with van der Waals surface area (Å²) in [5, 5.41) is 4.93. The fourth-order valence-corrected chi connectivity index (χ4v) is 3.17. The minimum atomic E-state index is -3.95. The van der Waals surface area contributed by atoms with Gasteiger partial charge in [0.2, 0.25) is 10.0 Å². The maximum Gasteiger partial charge on any atom is 0.261 e. The molecule has 0 unspecified atom stereocenters. The van der Waals surface area contributed by atoms with Gasteiger partial charge >= 0.3 is 0 Å². The molecule has 0 spiro atoms. The van der Waals surface area contributed by atoms with Crippen molar-refractivity contribution in [2.24, 2.45) is 5.14 Å². The molecule has 3 N–H and O–H groups in total. The second kappa shape index (κ2) is 5.43. The molecule has 2 rings (SSSR count). The zero-order valence-electron chi connectivity index (χ0n) is 10.5. The van der Waals surface area contributed by atoms with Crippen molar-refractivity contribution in [2.75, 3.05) is 4.72 Å². The predicted octanol–water partition coefficient (Wildman–Crippen LogP) is 1.27. The second-order valence-corrected chi connectivity index (χ2v) is 7.38. The van der Waals surface area contributed by atoms with Crippen molar-refractivity contribution in [3.05, 3.63) is 54.3 Å². The van der Waals surface area contributed by atoms with Crippen LogP contribution in [0.15, 0.2) is 58.3 Å². The van der Waals surface area contributed by atoms with Crippen LogP contribution in [0.4, 0.5) is 10.1 Å². The molecule has 0 saturated carbocycles. The number of sulfonamides is 2. The van der Waals surface area contributed by atoms with Gasteiger partial charge in [-0.3, -0.25) is 4.72 Å². The normalized spacial score (nSPS) is 12.1. The molecule has 0 saturated heterocycles. The fraction of sp³-hybridized carbons (Fsp3) is 0. The first-order chi connectivity index (χ1) is 9.68. The third-order valence-electron chi connectivity index (χ3n) is 2.54. The third kappa shape index (κ3) is 3.78. The first-order valence-corrected chi connectivity index (χ1v) is 8.63. The van der Waals surface area contributed by atoms with E-state index in [2.05, 4.69) is 4.72 Å². The Balaban J connectivity index is 2.29. The van der Waals surface area contributed by atoms with E-state index in [9.17, 15) is 21.2 Å². The summed E-state index contributed by atoms with van der Waals surface area (Å²) in [5.41, 5.74) is 0.131. The quantitative estimate of drug-likeness (QED) is 0.880. The van der Waals surface area contributed by atoms with Crippen LogP contribution in [0.1, 0.15) is 0 Å². The summed E-state index contributed by atoms with van der Waals surface area (Å²) in [5.74, 6) is -0.678. The molecule has 0 bridgehead atoms. The highest BCUT2D eigenvalue weighted by atomic mass is 32.2. The molecule has 0 atom stereocenters. The Morgan fingerprint density at radius 1 is 0.905 bits per heavy atom. The van der Waals surface area contributed by atoms with E-state index in [0.717, 1.165) is 12.1 Å². The van der Waals surface area contributed by atoms with Crippen LogP contribution in [0.5, 0.6) is 0 Å². The lowest BCUT2D eigenvalue weighted by Crippen LogP contribution is -2.14. The number of nitrogens with two attached hydrogens (primary N) is 1. The van der Waals surface area contributed by atoms with Crippen molar-refractivity contribution in [3.8, 4) is 0 Å². The number of hydrogen-bond donors (Lipinski definition) is 2. The highest BCUT2D eigenvalue weighted by Crippen LogP contribution is 2.18. The Morgan fingerprint density at radius 2 is 1.52 bits per heavy atom. The zero-order chi connectivity index (χ0) is 15.7. The molecule has 0 amide bonds.